The van der Waals surface area contributed by atoms with E-state index in [0.717, 1.165) is 17.2 Å². The number of hydrogen-bond acceptors (Lipinski definition) is 5. The zero-order valence-corrected chi connectivity index (χ0v) is 10.0. The van der Waals surface area contributed by atoms with Crippen LogP contribution in [0.2, 0.25) is 0 Å². The lowest BCUT2D eigenvalue weighted by Crippen LogP contribution is -2.20. The van der Waals surface area contributed by atoms with Gasteiger partial charge in [0.05, 0.1) is 11.4 Å². The van der Waals surface area contributed by atoms with Crippen molar-refractivity contribution in [1.29, 1.82) is 0 Å². The molecule has 0 aliphatic rings. The third kappa shape index (κ3) is 2.20. The number of carboxylic acid groups (broad SMARTS) is 1. The van der Waals surface area contributed by atoms with Gasteiger partial charge < -0.3 is 10.8 Å². The largest absolute Gasteiger partial charge is 0.480 e. The number of carbonyl (C=O) groups is 1. The second-order valence-electron chi connectivity index (χ2n) is 3.43. The number of nitrogens with two attached hydrogens (primary N) is 1. The molecule has 0 saturated heterocycles. The van der Waals surface area contributed by atoms with Crippen molar-refractivity contribution < 1.29 is 9.90 Å². The van der Waals surface area contributed by atoms with Crippen LogP contribution in [-0.2, 0) is 11.3 Å². The van der Waals surface area contributed by atoms with Gasteiger partial charge in [0, 0.05) is 18.1 Å². The van der Waals surface area contributed by atoms with Gasteiger partial charge in [0.2, 0.25) is 0 Å². The lowest BCUT2D eigenvalue weighted by Gasteiger charge is -2.02. The predicted octanol–water partition coefficient (Wildman–Crippen LogP) is 1.11. The lowest BCUT2D eigenvalue weighted by atomic mass is 10.2. The third-order valence-electron chi connectivity index (χ3n) is 2.34. The Morgan fingerprint density at radius 2 is 2.47 bits per heavy atom. The molecule has 1 atom stereocenters. The average Bonchev–Trinajstić information content (AvgIpc) is 2.95. The summed E-state index contributed by atoms with van der Waals surface area (Å²) in [5.41, 5.74) is 6.75. The molecule has 90 valence electrons. The minimum atomic E-state index is -1.08. The monoisotopic (exact) mass is 252 g/mol. The number of hydrogen-bond donors (Lipinski definition) is 2. The number of nitrogens with zero attached hydrogens (tertiary/aromatic N) is 3. The number of aromatic nitrogens is 3. The molecule has 6 nitrogen and oxygen atoms in total. The summed E-state index contributed by atoms with van der Waals surface area (Å²) < 4.78 is 1.80. The van der Waals surface area contributed by atoms with Gasteiger partial charge in [0.25, 0.3) is 0 Å². The maximum absolute atomic E-state index is 10.7. The van der Waals surface area contributed by atoms with Crippen LogP contribution < -0.4 is 5.73 Å². The summed E-state index contributed by atoms with van der Waals surface area (Å²) in [5.74, 6) is -1.08. The van der Waals surface area contributed by atoms with Gasteiger partial charge in [-0.05, 0) is 13.0 Å². The van der Waals surface area contributed by atoms with E-state index in [1.165, 1.54) is 11.3 Å². The molecule has 0 aromatic carbocycles. The summed E-state index contributed by atoms with van der Waals surface area (Å²) >= 11 is 1.37. The Balaban J connectivity index is 2.33. The van der Waals surface area contributed by atoms with Gasteiger partial charge in [-0.3, -0.25) is 9.48 Å². The van der Waals surface area contributed by atoms with Crippen molar-refractivity contribution in [2.24, 2.45) is 5.73 Å². The molecular formula is C10H12N4O2S. The van der Waals surface area contributed by atoms with Gasteiger partial charge in [-0.2, -0.15) is 5.10 Å². The van der Waals surface area contributed by atoms with E-state index >= 15 is 0 Å². The molecule has 7 heteroatoms. The molecular weight excluding hydrogens is 240 g/mol. The Morgan fingerprint density at radius 3 is 3.12 bits per heavy atom. The smallest absolute Gasteiger partial charge is 0.326 e. The molecule has 17 heavy (non-hydrogen) atoms. The van der Waals surface area contributed by atoms with E-state index in [4.69, 9.17) is 10.8 Å². The Kier molecular flexibility index (Phi) is 3.21. The van der Waals surface area contributed by atoms with Crippen LogP contribution >= 0.6 is 11.3 Å². The van der Waals surface area contributed by atoms with Crippen molar-refractivity contribution >= 4 is 17.3 Å². The highest BCUT2D eigenvalue weighted by atomic mass is 32.1. The molecule has 3 N–H and O–H groups in total. The molecule has 2 rings (SSSR count). The van der Waals surface area contributed by atoms with Gasteiger partial charge >= 0.3 is 5.97 Å². The van der Waals surface area contributed by atoms with E-state index in [2.05, 4.69) is 10.1 Å². The van der Waals surface area contributed by atoms with Gasteiger partial charge in [-0.25, -0.2) is 4.98 Å². The molecule has 2 aromatic rings. The van der Waals surface area contributed by atoms with Gasteiger partial charge in [-0.15, -0.1) is 11.3 Å². The summed E-state index contributed by atoms with van der Waals surface area (Å²) in [7, 11) is 0. The van der Waals surface area contributed by atoms with Crippen LogP contribution in [0.25, 0.3) is 10.7 Å². The number of rotatable bonds is 4. The Hall–Kier alpha value is -1.73. The standard InChI is InChI=1S/C10H12N4O2S/c1-2-14-7(3-4-12-14)9-13-6(5-17-9)8(11)10(15)16/h3-5,8H,2,11H2,1H3,(H,15,16). The normalized spacial score (nSPS) is 12.6. The zero-order valence-electron chi connectivity index (χ0n) is 9.20. The van der Waals surface area contributed by atoms with Gasteiger partial charge in [-0.1, -0.05) is 0 Å². The van der Waals surface area contributed by atoms with Crippen LogP contribution in [-0.4, -0.2) is 25.8 Å². The minimum Gasteiger partial charge on any atom is -0.480 e. The van der Waals surface area contributed by atoms with E-state index in [1.54, 1.807) is 16.3 Å². The molecule has 0 saturated carbocycles. The van der Waals surface area contributed by atoms with Crippen molar-refractivity contribution in [2.75, 3.05) is 0 Å². The number of aryl methyl sites for hydroxylation is 1. The highest BCUT2D eigenvalue weighted by molar-refractivity contribution is 7.13. The molecule has 0 radical (unpaired) electrons. The Bertz CT molecular complexity index is 534. The number of carboxylic acids is 1. The van der Waals surface area contributed by atoms with Crippen LogP contribution in [0.15, 0.2) is 17.6 Å². The summed E-state index contributed by atoms with van der Waals surface area (Å²) in [6.07, 6.45) is 1.69. The van der Waals surface area contributed by atoms with Crippen molar-refractivity contribution in [1.82, 2.24) is 14.8 Å². The van der Waals surface area contributed by atoms with Crippen molar-refractivity contribution in [3.05, 3.63) is 23.3 Å². The maximum Gasteiger partial charge on any atom is 0.326 e. The van der Waals surface area contributed by atoms with Crippen molar-refractivity contribution in [3.63, 3.8) is 0 Å². The number of aliphatic carboxylic acids is 1. The Morgan fingerprint density at radius 1 is 1.71 bits per heavy atom. The van der Waals surface area contributed by atoms with Gasteiger partial charge in [0.15, 0.2) is 0 Å². The maximum atomic E-state index is 10.7. The molecule has 1 unspecified atom stereocenters. The first kappa shape index (κ1) is 11.7. The van der Waals surface area contributed by atoms with Crippen LogP contribution in [0.5, 0.6) is 0 Å². The lowest BCUT2D eigenvalue weighted by molar-refractivity contribution is -0.138. The fourth-order valence-corrected chi connectivity index (χ4v) is 2.32. The molecule has 0 aliphatic carbocycles. The zero-order chi connectivity index (χ0) is 12.4. The summed E-state index contributed by atoms with van der Waals surface area (Å²) in [6, 6.07) is 0.774. The van der Waals surface area contributed by atoms with E-state index in [9.17, 15) is 4.79 Å². The van der Waals surface area contributed by atoms with E-state index in [1.807, 2.05) is 13.0 Å². The Labute approximate surface area is 102 Å². The third-order valence-corrected chi connectivity index (χ3v) is 3.22. The van der Waals surface area contributed by atoms with Gasteiger partial charge in [0.1, 0.15) is 11.0 Å². The average molecular weight is 252 g/mol. The predicted molar refractivity (Wildman–Crippen MR) is 63.6 cm³/mol. The molecule has 2 aromatic heterocycles. The molecule has 0 amide bonds. The topological polar surface area (TPSA) is 94.0 Å². The fraction of sp³-hybridized carbons (Fsp3) is 0.300. The van der Waals surface area contributed by atoms with Crippen LogP contribution in [0, 0.1) is 0 Å². The first-order chi connectivity index (χ1) is 8.13. The van der Waals surface area contributed by atoms with E-state index in [0.29, 0.717) is 5.69 Å². The molecule has 2 heterocycles. The number of thiazole rings is 1. The van der Waals surface area contributed by atoms with Crippen molar-refractivity contribution in [2.45, 2.75) is 19.5 Å². The highest BCUT2D eigenvalue weighted by Crippen LogP contribution is 2.25. The molecule has 0 spiro atoms. The molecule has 0 fully saturated rings. The molecule has 0 aliphatic heterocycles. The molecule has 0 bridgehead atoms. The van der Waals surface area contributed by atoms with E-state index < -0.39 is 12.0 Å². The van der Waals surface area contributed by atoms with Crippen LogP contribution in [0.3, 0.4) is 0 Å². The second-order valence-corrected chi connectivity index (χ2v) is 4.28. The summed E-state index contributed by atoms with van der Waals surface area (Å²) in [5, 5.41) is 15.3. The first-order valence-corrected chi connectivity index (χ1v) is 5.97. The minimum absolute atomic E-state index is 0.376. The van der Waals surface area contributed by atoms with Crippen molar-refractivity contribution in [3.8, 4) is 10.7 Å². The second kappa shape index (κ2) is 4.64. The quantitative estimate of drug-likeness (QED) is 0.850. The summed E-state index contributed by atoms with van der Waals surface area (Å²) in [4.78, 5) is 15.0. The highest BCUT2D eigenvalue weighted by Gasteiger charge is 2.19. The summed E-state index contributed by atoms with van der Waals surface area (Å²) in [6.45, 7) is 2.72. The van der Waals surface area contributed by atoms with Crippen LogP contribution in [0.4, 0.5) is 0 Å². The fourth-order valence-electron chi connectivity index (χ4n) is 1.44. The first-order valence-electron chi connectivity index (χ1n) is 5.09. The van der Waals surface area contributed by atoms with Crippen LogP contribution in [0.1, 0.15) is 18.7 Å². The SMILES string of the molecule is CCn1nccc1-c1nc(C(N)C(=O)O)cs1. The van der Waals surface area contributed by atoms with E-state index in [-0.39, 0.29) is 0 Å².